The SMILES string of the molecule is Cc1ccc(N)c(C)c1S(=O)(=O)NCCS(=O)(=O)N(C)C. The Hall–Kier alpha value is -1.16. The van der Waals surface area contributed by atoms with Crippen LogP contribution in [0.5, 0.6) is 0 Å². The van der Waals surface area contributed by atoms with Crippen LogP contribution in [0.3, 0.4) is 0 Å². The molecule has 0 amide bonds. The predicted octanol–water partition coefficient (Wildman–Crippen LogP) is 0.0553. The molecular weight excluding hydrogens is 314 g/mol. The molecule has 0 saturated carbocycles. The summed E-state index contributed by atoms with van der Waals surface area (Å²) in [5.74, 6) is -0.306. The molecule has 0 bridgehead atoms. The molecule has 0 aliphatic heterocycles. The number of nitrogens with one attached hydrogen (secondary N) is 1. The summed E-state index contributed by atoms with van der Waals surface area (Å²) >= 11 is 0. The van der Waals surface area contributed by atoms with Gasteiger partial charge >= 0.3 is 0 Å². The lowest BCUT2D eigenvalue weighted by Gasteiger charge is -2.15. The van der Waals surface area contributed by atoms with Crippen LogP contribution in [0.25, 0.3) is 0 Å². The lowest BCUT2D eigenvalue weighted by atomic mass is 10.1. The molecule has 1 aromatic rings. The van der Waals surface area contributed by atoms with Crippen molar-refractivity contribution in [3.05, 3.63) is 23.3 Å². The number of nitrogens with zero attached hydrogens (tertiary/aromatic N) is 1. The second-order valence-corrected chi connectivity index (χ2v) is 8.93. The van der Waals surface area contributed by atoms with Gasteiger partial charge in [0.05, 0.1) is 10.6 Å². The van der Waals surface area contributed by atoms with Crippen molar-refractivity contribution in [2.75, 3.05) is 32.1 Å². The van der Waals surface area contributed by atoms with E-state index in [-0.39, 0.29) is 17.2 Å². The highest BCUT2D eigenvalue weighted by Crippen LogP contribution is 2.24. The molecule has 0 aliphatic rings. The van der Waals surface area contributed by atoms with Gasteiger partial charge in [-0.05, 0) is 31.0 Å². The Morgan fingerprint density at radius 2 is 1.71 bits per heavy atom. The lowest BCUT2D eigenvalue weighted by molar-refractivity contribution is 0.519. The Balaban J connectivity index is 2.97. The summed E-state index contributed by atoms with van der Waals surface area (Å²) in [6, 6.07) is 3.26. The van der Waals surface area contributed by atoms with Gasteiger partial charge in [-0.3, -0.25) is 0 Å². The summed E-state index contributed by atoms with van der Waals surface area (Å²) in [5.41, 5.74) is 7.12. The number of hydrogen-bond acceptors (Lipinski definition) is 5. The molecule has 120 valence electrons. The molecule has 0 spiro atoms. The number of sulfonamides is 2. The highest BCUT2D eigenvalue weighted by molar-refractivity contribution is 7.90. The monoisotopic (exact) mass is 335 g/mol. The number of nitrogen functional groups attached to an aromatic ring is 1. The smallest absolute Gasteiger partial charge is 0.241 e. The molecule has 0 aromatic heterocycles. The van der Waals surface area contributed by atoms with Crippen LogP contribution in [0.1, 0.15) is 11.1 Å². The number of hydrogen-bond donors (Lipinski definition) is 2. The van der Waals surface area contributed by atoms with E-state index in [4.69, 9.17) is 5.73 Å². The van der Waals surface area contributed by atoms with E-state index in [1.807, 2.05) is 0 Å². The van der Waals surface area contributed by atoms with Crippen molar-refractivity contribution in [2.24, 2.45) is 0 Å². The third-order valence-corrected chi connectivity index (χ3v) is 6.70. The van der Waals surface area contributed by atoms with Crippen LogP contribution in [-0.2, 0) is 20.0 Å². The summed E-state index contributed by atoms with van der Waals surface area (Å²) < 4.78 is 51.2. The van der Waals surface area contributed by atoms with E-state index in [0.717, 1.165) is 4.31 Å². The third-order valence-electron chi connectivity index (χ3n) is 3.12. The van der Waals surface area contributed by atoms with E-state index in [0.29, 0.717) is 16.8 Å². The largest absolute Gasteiger partial charge is 0.398 e. The fraction of sp³-hybridized carbons (Fsp3) is 0.500. The van der Waals surface area contributed by atoms with Gasteiger partial charge in [-0.25, -0.2) is 25.9 Å². The lowest BCUT2D eigenvalue weighted by Crippen LogP contribution is -2.34. The number of nitrogens with two attached hydrogens (primary N) is 1. The van der Waals surface area contributed by atoms with Crippen LogP contribution >= 0.6 is 0 Å². The molecule has 0 saturated heterocycles. The number of benzene rings is 1. The quantitative estimate of drug-likeness (QED) is 0.714. The van der Waals surface area contributed by atoms with Crippen LogP contribution in [0.15, 0.2) is 17.0 Å². The zero-order chi connectivity index (χ0) is 16.4. The Labute approximate surface area is 126 Å². The zero-order valence-electron chi connectivity index (χ0n) is 12.5. The van der Waals surface area contributed by atoms with Gasteiger partial charge in [0.1, 0.15) is 0 Å². The normalized spacial score (nSPS) is 12.8. The molecule has 9 heteroatoms. The highest BCUT2D eigenvalue weighted by atomic mass is 32.2. The maximum atomic E-state index is 12.3. The Kier molecular flexibility index (Phi) is 5.37. The summed E-state index contributed by atoms with van der Waals surface area (Å²) in [6.45, 7) is 3.08. The van der Waals surface area contributed by atoms with Gasteiger partial charge in [0, 0.05) is 26.3 Å². The minimum atomic E-state index is -3.81. The van der Waals surface area contributed by atoms with Crippen LogP contribution in [0, 0.1) is 13.8 Å². The van der Waals surface area contributed by atoms with Crippen LogP contribution in [-0.4, -0.2) is 47.5 Å². The van der Waals surface area contributed by atoms with Crippen molar-refractivity contribution in [3.8, 4) is 0 Å². The van der Waals surface area contributed by atoms with Gasteiger partial charge in [-0.2, -0.15) is 0 Å². The molecule has 0 unspecified atom stereocenters. The van der Waals surface area contributed by atoms with Gasteiger partial charge < -0.3 is 5.73 Å². The molecule has 0 aliphatic carbocycles. The van der Waals surface area contributed by atoms with Crippen molar-refractivity contribution >= 4 is 25.7 Å². The molecule has 3 N–H and O–H groups in total. The van der Waals surface area contributed by atoms with Crippen LogP contribution in [0.4, 0.5) is 5.69 Å². The van der Waals surface area contributed by atoms with Crippen molar-refractivity contribution < 1.29 is 16.8 Å². The van der Waals surface area contributed by atoms with E-state index < -0.39 is 20.0 Å². The van der Waals surface area contributed by atoms with E-state index in [2.05, 4.69) is 4.72 Å². The van der Waals surface area contributed by atoms with Crippen molar-refractivity contribution in [1.82, 2.24) is 9.03 Å². The summed E-state index contributed by atoms with van der Waals surface area (Å²) in [4.78, 5) is 0.102. The molecule has 1 rings (SSSR count). The first kappa shape index (κ1) is 17.9. The van der Waals surface area contributed by atoms with E-state index in [1.165, 1.54) is 14.1 Å². The minimum Gasteiger partial charge on any atom is -0.398 e. The molecule has 7 nitrogen and oxygen atoms in total. The molecular formula is C12H21N3O4S2. The highest BCUT2D eigenvalue weighted by Gasteiger charge is 2.22. The number of aryl methyl sites for hydroxylation is 1. The fourth-order valence-electron chi connectivity index (χ4n) is 1.82. The standard InChI is InChI=1S/C12H21N3O4S2/c1-9-5-6-11(13)10(2)12(9)21(18,19)14-7-8-20(16,17)15(3)4/h5-6,14H,7-8,13H2,1-4H3. The topological polar surface area (TPSA) is 110 Å². The molecule has 0 radical (unpaired) electrons. The minimum absolute atomic E-state index is 0.102. The van der Waals surface area contributed by atoms with Gasteiger partial charge in [-0.1, -0.05) is 6.07 Å². The molecule has 21 heavy (non-hydrogen) atoms. The van der Waals surface area contributed by atoms with Crippen molar-refractivity contribution in [2.45, 2.75) is 18.7 Å². The summed E-state index contributed by atoms with van der Waals surface area (Å²) in [5, 5.41) is 0. The van der Waals surface area contributed by atoms with Crippen molar-refractivity contribution in [3.63, 3.8) is 0 Å². The summed E-state index contributed by atoms with van der Waals surface area (Å²) in [7, 11) is -4.46. The predicted molar refractivity (Wildman–Crippen MR) is 83.0 cm³/mol. The molecule has 0 fully saturated rings. The Morgan fingerprint density at radius 1 is 1.14 bits per heavy atom. The molecule has 0 atom stereocenters. The molecule has 0 heterocycles. The summed E-state index contributed by atoms with van der Waals surface area (Å²) in [6.07, 6.45) is 0. The van der Waals surface area contributed by atoms with Gasteiger partial charge in [-0.15, -0.1) is 0 Å². The second-order valence-electron chi connectivity index (χ2n) is 4.92. The van der Waals surface area contributed by atoms with Gasteiger partial charge in [0.15, 0.2) is 0 Å². The Bertz CT molecular complexity index is 725. The second kappa shape index (κ2) is 6.30. The third kappa shape index (κ3) is 4.16. The van der Waals surface area contributed by atoms with E-state index in [1.54, 1.807) is 26.0 Å². The first-order valence-corrected chi connectivity index (χ1v) is 9.34. The van der Waals surface area contributed by atoms with E-state index >= 15 is 0 Å². The number of anilines is 1. The maximum absolute atomic E-state index is 12.3. The van der Waals surface area contributed by atoms with Crippen LogP contribution < -0.4 is 10.5 Å². The van der Waals surface area contributed by atoms with Gasteiger partial charge in [0.25, 0.3) is 0 Å². The first-order valence-electron chi connectivity index (χ1n) is 6.24. The molecule has 1 aromatic carbocycles. The average Bonchev–Trinajstić information content (AvgIpc) is 2.33. The Morgan fingerprint density at radius 3 is 2.24 bits per heavy atom. The maximum Gasteiger partial charge on any atom is 0.241 e. The van der Waals surface area contributed by atoms with Gasteiger partial charge in [0.2, 0.25) is 20.0 Å². The van der Waals surface area contributed by atoms with E-state index in [9.17, 15) is 16.8 Å². The van der Waals surface area contributed by atoms with Crippen LogP contribution in [0.2, 0.25) is 0 Å². The zero-order valence-corrected chi connectivity index (χ0v) is 14.2. The average molecular weight is 335 g/mol. The fourth-order valence-corrected chi connectivity index (χ4v) is 4.20. The first-order chi connectivity index (χ1) is 9.49. The number of rotatable bonds is 6. The van der Waals surface area contributed by atoms with Crippen molar-refractivity contribution in [1.29, 1.82) is 0 Å².